The standard InChI is InChI=1S/C22H28FN3O5S/c1-2-31-21-9-8-17(16-20(21)25-22(27)18-6-3-4-7-19(18)23)32(28,29)24-10-5-11-26-12-14-30-15-13-26/h3-4,6-9,16,24H,2,5,10-15H2,1H3,(H,25,27). The van der Waals surface area contributed by atoms with Gasteiger partial charge in [0.25, 0.3) is 5.91 Å². The molecule has 0 bridgehead atoms. The first-order chi connectivity index (χ1) is 15.4. The Morgan fingerprint density at radius 2 is 1.94 bits per heavy atom. The number of nitrogens with zero attached hydrogens (tertiary/aromatic N) is 1. The van der Waals surface area contributed by atoms with Crippen LogP contribution in [0.3, 0.4) is 0 Å². The van der Waals surface area contributed by atoms with Crippen molar-refractivity contribution in [2.45, 2.75) is 18.2 Å². The monoisotopic (exact) mass is 465 g/mol. The summed E-state index contributed by atoms with van der Waals surface area (Å²) in [5, 5.41) is 2.56. The van der Waals surface area contributed by atoms with E-state index in [4.69, 9.17) is 9.47 Å². The molecule has 1 saturated heterocycles. The fraction of sp³-hybridized carbons (Fsp3) is 0.409. The number of hydrogen-bond donors (Lipinski definition) is 2. The summed E-state index contributed by atoms with van der Waals surface area (Å²) >= 11 is 0. The molecule has 1 aliphatic rings. The van der Waals surface area contributed by atoms with Crippen molar-refractivity contribution < 1.29 is 27.1 Å². The minimum atomic E-state index is -3.80. The smallest absolute Gasteiger partial charge is 0.258 e. The second-order valence-corrected chi connectivity index (χ2v) is 9.00. The molecule has 1 fully saturated rings. The van der Waals surface area contributed by atoms with Crippen LogP contribution in [0.4, 0.5) is 10.1 Å². The van der Waals surface area contributed by atoms with Gasteiger partial charge in [0.2, 0.25) is 10.0 Å². The molecule has 174 valence electrons. The van der Waals surface area contributed by atoms with Crippen LogP contribution in [-0.2, 0) is 14.8 Å². The van der Waals surface area contributed by atoms with Crippen LogP contribution < -0.4 is 14.8 Å². The molecule has 0 saturated carbocycles. The molecular formula is C22H28FN3O5S. The Balaban J connectivity index is 1.69. The fourth-order valence-corrected chi connectivity index (χ4v) is 4.41. The van der Waals surface area contributed by atoms with Gasteiger partial charge in [-0.1, -0.05) is 12.1 Å². The third kappa shape index (κ3) is 6.49. The van der Waals surface area contributed by atoms with Crippen molar-refractivity contribution in [3.05, 3.63) is 53.8 Å². The Hall–Kier alpha value is -2.53. The van der Waals surface area contributed by atoms with E-state index in [1.807, 2.05) is 0 Å². The maximum atomic E-state index is 14.0. The number of halogens is 1. The summed E-state index contributed by atoms with van der Waals surface area (Å²) in [4.78, 5) is 14.7. The Morgan fingerprint density at radius 3 is 2.66 bits per heavy atom. The average Bonchev–Trinajstić information content (AvgIpc) is 2.79. The van der Waals surface area contributed by atoms with Crippen LogP contribution in [0.15, 0.2) is 47.4 Å². The molecule has 10 heteroatoms. The van der Waals surface area contributed by atoms with E-state index in [-0.39, 0.29) is 22.7 Å². The molecule has 3 rings (SSSR count). The minimum absolute atomic E-state index is 0.0174. The topological polar surface area (TPSA) is 97.0 Å². The molecule has 1 amide bonds. The number of benzene rings is 2. The van der Waals surface area contributed by atoms with Crippen molar-refractivity contribution in [2.75, 3.05) is 51.3 Å². The molecule has 32 heavy (non-hydrogen) atoms. The molecule has 0 radical (unpaired) electrons. The first kappa shape index (κ1) is 24.1. The SMILES string of the molecule is CCOc1ccc(S(=O)(=O)NCCCN2CCOCC2)cc1NC(=O)c1ccccc1F. The van der Waals surface area contributed by atoms with Gasteiger partial charge < -0.3 is 14.8 Å². The number of amides is 1. The van der Waals surface area contributed by atoms with Crippen LogP contribution in [0.1, 0.15) is 23.7 Å². The number of carbonyl (C=O) groups is 1. The second-order valence-electron chi connectivity index (χ2n) is 7.23. The Morgan fingerprint density at radius 1 is 1.19 bits per heavy atom. The quantitative estimate of drug-likeness (QED) is 0.524. The molecule has 1 heterocycles. The third-order valence-corrected chi connectivity index (χ3v) is 6.43. The zero-order valence-corrected chi connectivity index (χ0v) is 18.8. The number of morpholine rings is 1. The highest BCUT2D eigenvalue weighted by atomic mass is 32.2. The number of ether oxygens (including phenoxy) is 2. The zero-order valence-electron chi connectivity index (χ0n) is 18.0. The van der Waals surface area contributed by atoms with Gasteiger partial charge in [-0.15, -0.1) is 0 Å². The fourth-order valence-electron chi connectivity index (χ4n) is 3.31. The van der Waals surface area contributed by atoms with Crippen LogP contribution in [0.25, 0.3) is 0 Å². The number of hydrogen-bond acceptors (Lipinski definition) is 6. The number of carbonyl (C=O) groups excluding carboxylic acids is 1. The molecule has 2 aromatic carbocycles. The van der Waals surface area contributed by atoms with Crippen LogP contribution in [0.5, 0.6) is 5.75 Å². The maximum Gasteiger partial charge on any atom is 0.258 e. The van der Waals surface area contributed by atoms with Gasteiger partial charge in [-0.05, 0) is 50.2 Å². The molecule has 2 aromatic rings. The summed E-state index contributed by atoms with van der Waals surface area (Å²) < 4.78 is 52.9. The van der Waals surface area contributed by atoms with Crippen LogP contribution >= 0.6 is 0 Å². The van der Waals surface area contributed by atoms with Gasteiger partial charge in [0.1, 0.15) is 11.6 Å². The highest BCUT2D eigenvalue weighted by Gasteiger charge is 2.19. The van der Waals surface area contributed by atoms with Crippen molar-refractivity contribution in [3.8, 4) is 5.75 Å². The lowest BCUT2D eigenvalue weighted by Crippen LogP contribution is -2.38. The number of anilines is 1. The van der Waals surface area contributed by atoms with E-state index in [2.05, 4.69) is 14.9 Å². The lowest BCUT2D eigenvalue weighted by Gasteiger charge is -2.26. The van der Waals surface area contributed by atoms with Gasteiger partial charge in [0.15, 0.2) is 0 Å². The normalized spacial score (nSPS) is 14.8. The maximum absolute atomic E-state index is 14.0. The average molecular weight is 466 g/mol. The second kappa shape index (κ2) is 11.4. The molecule has 0 spiro atoms. The molecule has 0 aromatic heterocycles. The van der Waals surface area contributed by atoms with E-state index in [0.29, 0.717) is 32.0 Å². The van der Waals surface area contributed by atoms with Crippen molar-refractivity contribution >= 4 is 21.6 Å². The summed E-state index contributed by atoms with van der Waals surface area (Å²) in [5.41, 5.74) is 0.000686. The third-order valence-electron chi connectivity index (χ3n) is 4.97. The van der Waals surface area contributed by atoms with E-state index < -0.39 is 21.7 Å². The minimum Gasteiger partial charge on any atom is -0.492 e. The molecule has 1 aliphatic heterocycles. The highest BCUT2D eigenvalue weighted by Crippen LogP contribution is 2.28. The Labute approximate surface area is 187 Å². The van der Waals surface area contributed by atoms with Gasteiger partial charge in [-0.3, -0.25) is 9.69 Å². The van der Waals surface area contributed by atoms with Crippen molar-refractivity contribution in [1.29, 1.82) is 0 Å². The van der Waals surface area contributed by atoms with Crippen molar-refractivity contribution in [3.63, 3.8) is 0 Å². The van der Waals surface area contributed by atoms with Gasteiger partial charge in [-0.2, -0.15) is 0 Å². The molecule has 2 N–H and O–H groups in total. The number of rotatable bonds is 10. The number of nitrogens with one attached hydrogen (secondary N) is 2. The van der Waals surface area contributed by atoms with E-state index >= 15 is 0 Å². The van der Waals surface area contributed by atoms with Gasteiger partial charge in [-0.25, -0.2) is 17.5 Å². The van der Waals surface area contributed by atoms with Gasteiger partial charge in [0, 0.05) is 19.6 Å². The molecule has 0 aliphatic carbocycles. The van der Waals surface area contributed by atoms with E-state index in [1.54, 1.807) is 13.0 Å². The predicted octanol–water partition coefficient (Wildman–Crippen LogP) is 2.48. The highest BCUT2D eigenvalue weighted by molar-refractivity contribution is 7.89. The van der Waals surface area contributed by atoms with Crippen LogP contribution in [0, 0.1) is 5.82 Å². The summed E-state index contributed by atoms with van der Waals surface area (Å²) in [6.45, 7) is 6.21. The molecule has 0 unspecified atom stereocenters. The first-order valence-corrected chi connectivity index (χ1v) is 12.0. The van der Waals surface area contributed by atoms with E-state index in [1.165, 1.54) is 36.4 Å². The predicted molar refractivity (Wildman–Crippen MR) is 119 cm³/mol. The van der Waals surface area contributed by atoms with Crippen molar-refractivity contribution in [2.24, 2.45) is 0 Å². The van der Waals surface area contributed by atoms with Gasteiger partial charge >= 0.3 is 0 Å². The molecule has 8 nitrogen and oxygen atoms in total. The van der Waals surface area contributed by atoms with E-state index in [9.17, 15) is 17.6 Å². The molecule has 0 atom stereocenters. The van der Waals surface area contributed by atoms with E-state index in [0.717, 1.165) is 19.6 Å². The summed E-state index contributed by atoms with van der Waals surface area (Å²) in [6.07, 6.45) is 0.660. The largest absolute Gasteiger partial charge is 0.492 e. The summed E-state index contributed by atoms with van der Waals surface area (Å²) in [7, 11) is -3.80. The Bertz CT molecular complexity index is 1030. The summed E-state index contributed by atoms with van der Waals surface area (Å²) in [5.74, 6) is -1.07. The summed E-state index contributed by atoms with van der Waals surface area (Å²) in [6, 6.07) is 9.76. The van der Waals surface area contributed by atoms with Crippen LogP contribution in [0.2, 0.25) is 0 Å². The zero-order chi connectivity index (χ0) is 23.0. The lowest BCUT2D eigenvalue weighted by molar-refractivity contribution is 0.0376. The first-order valence-electron chi connectivity index (χ1n) is 10.5. The number of sulfonamides is 1. The lowest BCUT2D eigenvalue weighted by atomic mass is 10.2. The van der Waals surface area contributed by atoms with Crippen LogP contribution in [-0.4, -0.2) is 65.2 Å². The molecular weight excluding hydrogens is 437 g/mol. The van der Waals surface area contributed by atoms with Gasteiger partial charge in [0.05, 0.1) is 36.0 Å². The Kier molecular flexibility index (Phi) is 8.57. The van der Waals surface area contributed by atoms with Crippen molar-refractivity contribution in [1.82, 2.24) is 9.62 Å².